The van der Waals surface area contributed by atoms with E-state index in [0.29, 0.717) is 29.9 Å². The molecule has 0 aliphatic rings. The number of ether oxygens (including phenoxy) is 2. The maximum Gasteiger partial charge on any atom is 0.261 e. The smallest absolute Gasteiger partial charge is 0.261 e. The molecule has 0 amide bonds. The van der Waals surface area contributed by atoms with Crippen LogP contribution in [0, 0.1) is 6.92 Å². The molecule has 0 atom stereocenters. The summed E-state index contributed by atoms with van der Waals surface area (Å²) in [6, 6.07) is 23.2. The fourth-order valence-corrected chi connectivity index (χ4v) is 3.79. The summed E-state index contributed by atoms with van der Waals surface area (Å²) >= 11 is 0. The van der Waals surface area contributed by atoms with Crippen molar-refractivity contribution >= 4 is 10.9 Å². The van der Waals surface area contributed by atoms with Crippen molar-refractivity contribution in [3.8, 4) is 22.9 Å². The van der Waals surface area contributed by atoms with Crippen LogP contribution in [-0.2, 0) is 6.54 Å². The quantitative estimate of drug-likeness (QED) is 0.324. The van der Waals surface area contributed by atoms with Crippen LogP contribution in [0.1, 0.15) is 24.8 Å². The third-order valence-electron chi connectivity index (χ3n) is 5.59. The number of fused-ring (bicyclic) bond motifs is 1. The second-order valence-corrected chi connectivity index (χ2v) is 7.81. The molecule has 1 aromatic heterocycles. The van der Waals surface area contributed by atoms with E-state index in [1.165, 1.54) is 0 Å². The topological polar surface area (TPSA) is 53.3 Å². The van der Waals surface area contributed by atoms with Gasteiger partial charge in [0.1, 0.15) is 17.3 Å². The molecule has 0 unspecified atom stereocenters. The first-order chi connectivity index (χ1) is 15.7. The van der Waals surface area contributed by atoms with Crippen molar-refractivity contribution in [1.29, 1.82) is 0 Å². The van der Waals surface area contributed by atoms with Gasteiger partial charge in [-0.15, -0.1) is 0 Å². The number of hydrogen-bond acceptors (Lipinski definition) is 4. The summed E-state index contributed by atoms with van der Waals surface area (Å²) in [5.74, 6) is 2.40. The van der Waals surface area contributed by atoms with Crippen molar-refractivity contribution < 1.29 is 9.47 Å². The zero-order valence-electron chi connectivity index (χ0n) is 18.6. The maximum absolute atomic E-state index is 13.3. The molecule has 0 aliphatic heterocycles. The molecule has 4 rings (SSSR count). The van der Waals surface area contributed by atoms with E-state index in [0.717, 1.165) is 41.9 Å². The van der Waals surface area contributed by atoms with Crippen LogP contribution >= 0.6 is 0 Å². The average Bonchev–Trinajstić information content (AvgIpc) is 2.83. The first-order valence-corrected chi connectivity index (χ1v) is 11.0. The summed E-state index contributed by atoms with van der Waals surface area (Å²) in [5, 5.41) is 0.646. The minimum atomic E-state index is -0.00224. The summed E-state index contributed by atoms with van der Waals surface area (Å²) < 4.78 is 13.0. The highest BCUT2D eigenvalue weighted by atomic mass is 16.5. The summed E-state index contributed by atoms with van der Waals surface area (Å²) in [5.41, 5.74) is 2.76. The Bertz CT molecular complexity index is 1250. The van der Waals surface area contributed by atoms with Crippen LogP contribution in [0.3, 0.4) is 0 Å². The Labute approximate surface area is 188 Å². The fraction of sp³-hybridized carbons (Fsp3) is 0.259. The van der Waals surface area contributed by atoms with E-state index in [2.05, 4.69) is 13.0 Å². The van der Waals surface area contributed by atoms with Gasteiger partial charge in [-0.3, -0.25) is 9.36 Å². The van der Waals surface area contributed by atoms with Crippen LogP contribution < -0.4 is 15.0 Å². The minimum absolute atomic E-state index is 0.00224. The zero-order chi connectivity index (χ0) is 22.3. The molecule has 0 saturated heterocycles. The molecule has 4 aromatic rings. The Kier molecular flexibility index (Phi) is 6.85. The van der Waals surface area contributed by atoms with Gasteiger partial charge in [-0.1, -0.05) is 30.3 Å². The van der Waals surface area contributed by atoms with E-state index in [1.807, 2.05) is 66.7 Å². The summed E-state index contributed by atoms with van der Waals surface area (Å²) in [4.78, 5) is 18.1. The van der Waals surface area contributed by atoms with Crippen LogP contribution in [0.4, 0.5) is 0 Å². The van der Waals surface area contributed by atoms with Gasteiger partial charge in [0.25, 0.3) is 5.56 Å². The van der Waals surface area contributed by atoms with E-state index < -0.39 is 0 Å². The van der Waals surface area contributed by atoms with Crippen molar-refractivity contribution in [2.24, 2.45) is 0 Å². The number of nitrogens with zero attached hydrogens (tertiary/aromatic N) is 2. The highest BCUT2D eigenvalue weighted by Gasteiger charge is 2.12. The Morgan fingerprint density at radius 1 is 0.875 bits per heavy atom. The second-order valence-electron chi connectivity index (χ2n) is 7.81. The van der Waals surface area contributed by atoms with Gasteiger partial charge in [-0.25, -0.2) is 4.98 Å². The molecule has 164 valence electrons. The van der Waals surface area contributed by atoms with Gasteiger partial charge < -0.3 is 9.47 Å². The second kappa shape index (κ2) is 10.1. The van der Waals surface area contributed by atoms with Gasteiger partial charge in [-0.2, -0.15) is 0 Å². The molecule has 32 heavy (non-hydrogen) atoms. The number of para-hydroxylation sites is 2. The lowest BCUT2D eigenvalue weighted by atomic mass is 10.1. The molecule has 3 aromatic carbocycles. The molecule has 0 aliphatic carbocycles. The van der Waals surface area contributed by atoms with Crippen molar-refractivity contribution in [1.82, 2.24) is 9.55 Å². The van der Waals surface area contributed by atoms with Crippen LogP contribution in [-0.4, -0.2) is 23.3 Å². The van der Waals surface area contributed by atoms with Crippen LogP contribution in [0.25, 0.3) is 22.3 Å². The van der Waals surface area contributed by atoms with Gasteiger partial charge >= 0.3 is 0 Å². The Hall–Kier alpha value is -3.60. The number of benzene rings is 3. The zero-order valence-corrected chi connectivity index (χ0v) is 18.6. The molecular weight excluding hydrogens is 400 g/mol. The summed E-state index contributed by atoms with van der Waals surface area (Å²) in [6.45, 7) is 3.33. The van der Waals surface area contributed by atoms with E-state index in [9.17, 15) is 4.79 Å². The van der Waals surface area contributed by atoms with Gasteiger partial charge in [0.05, 0.1) is 24.6 Å². The van der Waals surface area contributed by atoms with Crippen LogP contribution in [0.2, 0.25) is 0 Å². The lowest BCUT2D eigenvalue weighted by molar-refractivity contribution is 0.302. The molecule has 1 heterocycles. The molecule has 5 heteroatoms. The largest absolute Gasteiger partial charge is 0.497 e. The molecule has 5 nitrogen and oxygen atoms in total. The number of unbranched alkanes of at least 4 members (excludes halogenated alkanes) is 2. The standard InChI is InChI=1S/C27H28N2O3/c1-20-10-4-7-13-25(20)32-19-9-3-8-18-29-26(21-14-16-22(31-2)17-15-21)28-24-12-6-5-11-23(24)27(29)30/h4-7,10-17H,3,8-9,18-19H2,1-2H3. The number of hydrogen-bond donors (Lipinski definition) is 0. The third kappa shape index (κ3) is 4.83. The van der Waals surface area contributed by atoms with Gasteiger partial charge in [-0.05, 0) is 74.2 Å². The highest BCUT2D eigenvalue weighted by molar-refractivity contribution is 5.79. The summed E-state index contributed by atoms with van der Waals surface area (Å²) in [6.07, 6.45) is 2.77. The van der Waals surface area contributed by atoms with E-state index in [1.54, 1.807) is 11.7 Å². The molecule has 0 radical (unpaired) electrons. The van der Waals surface area contributed by atoms with Crippen molar-refractivity contribution in [2.75, 3.05) is 13.7 Å². The average molecular weight is 429 g/mol. The lowest BCUT2D eigenvalue weighted by Crippen LogP contribution is -2.23. The van der Waals surface area contributed by atoms with Crippen molar-refractivity contribution in [2.45, 2.75) is 32.7 Å². The molecular formula is C27H28N2O3. The van der Waals surface area contributed by atoms with E-state index in [-0.39, 0.29) is 5.56 Å². The maximum atomic E-state index is 13.3. The Morgan fingerprint density at radius 2 is 1.62 bits per heavy atom. The fourth-order valence-electron chi connectivity index (χ4n) is 3.79. The number of aromatic nitrogens is 2. The SMILES string of the molecule is COc1ccc(-c2nc3ccccc3c(=O)n2CCCCCOc2ccccc2C)cc1. The normalized spacial score (nSPS) is 10.9. The molecule has 0 N–H and O–H groups in total. The monoisotopic (exact) mass is 428 g/mol. The summed E-state index contributed by atoms with van der Waals surface area (Å²) in [7, 11) is 1.64. The van der Waals surface area contributed by atoms with Gasteiger partial charge in [0, 0.05) is 12.1 Å². The molecule has 0 bridgehead atoms. The molecule has 0 saturated carbocycles. The van der Waals surface area contributed by atoms with Crippen molar-refractivity contribution in [3.63, 3.8) is 0 Å². The Morgan fingerprint density at radius 3 is 2.41 bits per heavy atom. The van der Waals surface area contributed by atoms with Crippen LogP contribution in [0.15, 0.2) is 77.6 Å². The third-order valence-corrected chi connectivity index (χ3v) is 5.59. The number of aryl methyl sites for hydroxylation is 1. The van der Waals surface area contributed by atoms with Crippen molar-refractivity contribution in [3.05, 3.63) is 88.7 Å². The van der Waals surface area contributed by atoms with E-state index in [4.69, 9.17) is 14.5 Å². The number of rotatable bonds is 9. The Balaban J connectivity index is 1.48. The van der Waals surface area contributed by atoms with Crippen LogP contribution in [0.5, 0.6) is 11.5 Å². The number of methoxy groups -OCH3 is 1. The molecule has 0 fully saturated rings. The predicted octanol–water partition coefficient (Wildman–Crippen LogP) is 5.63. The first-order valence-electron chi connectivity index (χ1n) is 11.0. The highest BCUT2D eigenvalue weighted by Crippen LogP contribution is 2.22. The predicted molar refractivity (Wildman–Crippen MR) is 129 cm³/mol. The van der Waals surface area contributed by atoms with Gasteiger partial charge in [0.2, 0.25) is 0 Å². The lowest BCUT2D eigenvalue weighted by Gasteiger charge is -2.14. The first kappa shape index (κ1) is 21.6. The minimum Gasteiger partial charge on any atom is -0.497 e. The van der Waals surface area contributed by atoms with E-state index >= 15 is 0 Å². The van der Waals surface area contributed by atoms with Gasteiger partial charge in [0.15, 0.2) is 0 Å². The molecule has 0 spiro atoms.